The lowest BCUT2D eigenvalue weighted by Crippen LogP contribution is -2.01. The molecule has 0 aliphatic carbocycles. The Balaban J connectivity index is 1.12. The Kier molecular flexibility index (Phi) is 6.12. The Morgan fingerprint density at radius 1 is 0.423 bits per heavy atom. The quantitative estimate of drug-likeness (QED) is 0.186. The first-order chi connectivity index (χ1) is 25.8. The summed E-state index contributed by atoms with van der Waals surface area (Å²) in [7, 11) is 0. The summed E-state index contributed by atoms with van der Waals surface area (Å²) in [4.78, 5) is 25.5. The number of hydrogen-bond donors (Lipinski definition) is 0. The van der Waals surface area contributed by atoms with E-state index in [4.69, 9.17) is 29.3 Å². The number of oxazole rings is 1. The second-order valence-electron chi connectivity index (χ2n) is 12.9. The van der Waals surface area contributed by atoms with Gasteiger partial charge in [0.15, 0.2) is 23.1 Å². The Morgan fingerprint density at radius 3 is 1.69 bits per heavy atom. The topological polar surface area (TPSA) is 82.0 Å². The van der Waals surface area contributed by atoms with Gasteiger partial charge in [0.2, 0.25) is 0 Å². The zero-order valence-electron chi connectivity index (χ0n) is 27.6. The van der Waals surface area contributed by atoms with Gasteiger partial charge in [0.1, 0.15) is 11.0 Å². The maximum Gasteiger partial charge on any atom is 0.307 e. The number of benzene rings is 7. The van der Waals surface area contributed by atoms with E-state index in [0.717, 1.165) is 82.5 Å². The molecule has 11 aromatic rings. The second-order valence-corrected chi connectivity index (χ2v) is 12.9. The SMILES string of the molecule is c1ccc2c(-c3nc(-c4ccc(-c5nc6ccccc6c6nc7oc8ccccc8n7c56)cc4)nc(-c4cccc5ccccc45)n3)cccc2c1. The predicted molar refractivity (Wildman–Crippen MR) is 208 cm³/mol. The van der Waals surface area contributed by atoms with Gasteiger partial charge in [-0.3, -0.25) is 4.40 Å². The number of hydrogen-bond acceptors (Lipinski definition) is 6. The average molecular weight is 667 g/mol. The molecule has 0 fully saturated rings. The van der Waals surface area contributed by atoms with E-state index in [1.807, 2.05) is 36.4 Å². The van der Waals surface area contributed by atoms with E-state index in [2.05, 4.69) is 126 Å². The fourth-order valence-corrected chi connectivity index (χ4v) is 7.43. The fourth-order valence-electron chi connectivity index (χ4n) is 7.43. The molecule has 52 heavy (non-hydrogen) atoms. The predicted octanol–water partition coefficient (Wildman–Crippen LogP) is 10.9. The highest BCUT2D eigenvalue weighted by atomic mass is 16.4. The summed E-state index contributed by atoms with van der Waals surface area (Å²) in [6.45, 7) is 0. The third-order valence-corrected chi connectivity index (χ3v) is 9.88. The number of rotatable bonds is 4. The molecule has 0 atom stereocenters. The lowest BCUT2D eigenvalue weighted by Gasteiger charge is -2.12. The number of aromatic nitrogens is 6. The van der Waals surface area contributed by atoms with Crippen molar-refractivity contribution in [3.8, 4) is 45.4 Å². The zero-order valence-corrected chi connectivity index (χ0v) is 27.6. The molecule has 0 aliphatic heterocycles. The van der Waals surface area contributed by atoms with E-state index in [1.165, 1.54) is 0 Å². The molecule has 0 bridgehead atoms. The monoisotopic (exact) mass is 666 g/mol. The van der Waals surface area contributed by atoms with Crippen LogP contribution in [-0.4, -0.2) is 29.3 Å². The summed E-state index contributed by atoms with van der Waals surface area (Å²) in [6, 6.07) is 53.6. The van der Waals surface area contributed by atoms with Gasteiger partial charge in [-0.05, 0) is 39.7 Å². The van der Waals surface area contributed by atoms with Crippen LogP contribution in [0, 0.1) is 0 Å². The van der Waals surface area contributed by atoms with Crippen molar-refractivity contribution in [2.24, 2.45) is 0 Å². The van der Waals surface area contributed by atoms with Gasteiger partial charge >= 0.3 is 5.84 Å². The lowest BCUT2D eigenvalue weighted by molar-refractivity contribution is 0.643. The summed E-state index contributed by atoms with van der Waals surface area (Å²) in [6.07, 6.45) is 0. The van der Waals surface area contributed by atoms with Gasteiger partial charge < -0.3 is 4.42 Å². The number of fused-ring (bicyclic) bond motifs is 9. The first-order valence-corrected chi connectivity index (χ1v) is 17.2. The van der Waals surface area contributed by atoms with Crippen LogP contribution < -0.4 is 0 Å². The maximum atomic E-state index is 6.20. The summed E-state index contributed by atoms with van der Waals surface area (Å²) in [5, 5.41) is 5.42. The number of nitrogens with zero attached hydrogens (tertiary/aromatic N) is 6. The van der Waals surface area contributed by atoms with E-state index >= 15 is 0 Å². The molecule has 7 aromatic carbocycles. The molecule has 0 unspecified atom stereocenters. The third-order valence-electron chi connectivity index (χ3n) is 9.88. The minimum atomic E-state index is 0.541. The molecule has 0 radical (unpaired) electrons. The molecule has 7 heteroatoms. The molecule has 242 valence electrons. The van der Waals surface area contributed by atoms with Crippen LogP contribution in [0.2, 0.25) is 0 Å². The average Bonchev–Trinajstić information content (AvgIpc) is 3.77. The van der Waals surface area contributed by atoms with Crippen LogP contribution in [0.1, 0.15) is 0 Å². The standard InChI is InChI=1S/C45H26N6O/c1-3-15-31-27(11-1)13-9-18-33(31)43-48-42(49-44(50-43)34-19-10-14-28-12-2-4-16-32(28)34)30-25-23-29(24-26-30)39-41-40(35-17-5-6-20-36(35)46-39)47-45-51(41)37-21-7-8-22-38(37)52-45/h1-26H. The highest BCUT2D eigenvalue weighted by Crippen LogP contribution is 2.37. The van der Waals surface area contributed by atoms with Gasteiger partial charge in [-0.15, -0.1) is 0 Å². The fraction of sp³-hybridized carbons (Fsp3) is 0. The van der Waals surface area contributed by atoms with E-state index in [0.29, 0.717) is 23.3 Å². The molecule has 0 saturated heterocycles. The van der Waals surface area contributed by atoms with E-state index in [-0.39, 0.29) is 0 Å². The molecule has 7 nitrogen and oxygen atoms in total. The van der Waals surface area contributed by atoms with Crippen LogP contribution in [0.15, 0.2) is 162 Å². The van der Waals surface area contributed by atoms with E-state index in [9.17, 15) is 0 Å². The zero-order chi connectivity index (χ0) is 34.2. The van der Waals surface area contributed by atoms with Crippen LogP contribution in [0.3, 0.4) is 0 Å². The number of imidazole rings is 1. The molecule has 0 amide bonds. The Labute approximate surface area is 296 Å². The largest absolute Gasteiger partial charge is 0.423 e. The molecule has 4 aromatic heterocycles. The van der Waals surface area contributed by atoms with Crippen LogP contribution in [0.5, 0.6) is 0 Å². The second kappa shape index (κ2) is 11.1. The van der Waals surface area contributed by atoms with Crippen molar-refractivity contribution in [2.45, 2.75) is 0 Å². The van der Waals surface area contributed by atoms with Gasteiger partial charge in [0.05, 0.1) is 16.7 Å². The highest BCUT2D eigenvalue weighted by molar-refractivity contribution is 6.10. The molecular weight excluding hydrogens is 641 g/mol. The van der Waals surface area contributed by atoms with Crippen LogP contribution in [0.4, 0.5) is 0 Å². The Hall–Kier alpha value is -7.25. The van der Waals surface area contributed by atoms with Crippen molar-refractivity contribution in [2.75, 3.05) is 0 Å². The molecule has 0 N–H and O–H groups in total. The van der Waals surface area contributed by atoms with Gasteiger partial charge in [0, 0.05) is 27.6 Å². The first kappa shape index (κ1) is 28.6. The van der Waals surface area contributed by atoms with Crippen molar-refractivity contribution in [1.29, 1.82) is 0 Å². The molecule has 0 aliphatic rings. The van der Waals surface area contributed by atoms with Crippen LogP contribution in [0.25, 0.3) is 106 Å². The minimum Gasteiger partial charge on any atom is -0.423 e. The van der Waals surface area contributed by atoms with Crippen LogP contribution >= 0.6 is 0 Å². The lowest BCUT2D eigenvalue weighted by atomic mass is 10.0. The number of pyridine rings is 1. The first-order valence-electron chi connectivity index (χ1n) is 17.2. The van der Waals surface area contributed by atoms with Crippen molar-refractivity contribution >= 4 is 60.4 Å². The Bertz CT molecular complexity index is 3080. The normalized spacial score (nSPS) is 11.8. The van der Waals surface area contributed by atoms with Gasteiger partial charge in [-0.25, -0.2) is 19.9 Å². The summed E-state index contributed by atoms with van der Waals surface area (Å²) < 4.78 is 8.28. The third kappa shape index (κ3) is 4.36. The molecular formula is C45H26N6O. The molecule has 4 heterocycles. The molecule has 0 spiro atoms. The van der Waals surface area contributed by atoms with E-state index in [1.54, 1.807) is 0 Å². The minimum absolute atomic E-state index is 0.541. The summed E-state index contributed by atoms with van der Waals surface area (Å²) >= 11 is 0. The maximum absolute atomic E-state index is 6.20. The van der Waals surface area contributed by atoms with Gasteiger partial charge in [-0.1, -0.05) is 140 Å². The summed E-state index contributed by atoms with van der Waals surface area (Å²) in [5.74, 6) is 2.39. The van der Waals surface area contributed by atoms with E-state index < -0.39 is 0 Å². The van der Waals surface area contributed by atoms with Crippen molar-refractivity contribution in [3.63, 3.8) is 0 Å². The molecule has 0 saturated carbocycles. The number of para-hydroxylation sites is 3. The smallest absolute Gasteiger partial charge is 0.307 e. The van der Waals surface area contributed by atoms with Gasteiger partial charge in [-0.2, -0.15) is 4.98 Å². The van der Waals surface area contributed by atoms with Crippen molar-refractivity contribution < 1.29 is 4.42 Å². The van der Waals surface area contributed by atoms with Crippen LogP contribution in [-0.2, 0) is 0 Å². The molecule has 11 rings (SSSR count). The Morgan fingerprint density at radius 2 is 0.981 bits per heavy atom. The summed E-state index contributed by atoms with van der Waals surface area (Å²) in [5.41, 5.74) is 8.91. The van der Waals surface area contributed by atoms with Crippen molar-refractivity contribution in [1.82, 2.24) is 29.3 Å². The van der Waals surface area contributed by atoms with Crippen molar-refractivity contribution in [3.05, 3.63) is 158 Å². The highest BCUT2D eigenvalue weighted by Gasteiger charge is 2.21. The van der Waals surface area contributed by atoms with Gasteiger partial charge in [0.25, 0.3) is 0 Å².